The van der Waals surface area contributed by atoms with Gasteiger partial charge in [0.25, 0.3) is 5.91 Å². The zero-order chi connectivity index (χ0) is 15.7. The van der Waals surface area contributed by atoms with E-state index in [1.807, 2.05) is 0 Å². The summed E-state index contributed by atoms with van der Waals surface area (Å²) < 4.78 is 0. The van der Waals surface area contributed by atoms with Gasteiger partial charge >= 0.3 is 0 Å². The molecule has 0 unspecified atom stereocenters. The van der Waals surface area contributed by atoms with Gasteiger partial charge in [0, 0.05) is 24.3 Å². The maximum absolute atomic E-state index is 11.8. The fourth-order valence-corrected chi connectivity index (χ4v) is 1.85. The molecule has 21 heavy (non-hydrogen) atoms. The van der Waals surface area contributed by atoms with Crippen LogP contribution in [0.4, 0.5) is 5.69 Å². The predicted molar refractivity (Wildman–Crippen MR) is 84.0 cm³/mol. The van der Waals surface area contributed by atoms with E-state index in [-0.39, 0.29) is 18.4 Å². The molecule has 0 aliphatic rings. The first-order valence-corrected chi connectivity index (χ1v) is 7.19. The molecule has 1 aromatic rings. The average Bonchev–Trinajstić information content (AvgIpc) is 2.50. The van der Waals surface area contributed by atoms with E-state index in [9.17, 15) is 9.59 Å². The molecule has 1 aromatic carbocycles. The minimum Gasteiger partial charge on any atom is -0.399 e. The van der Waals surface area contributed by atoms with E-state index in [0.717, 1.165) is 19.6 Å². The molecule has 0 aliphatic heterocycles. The zero-order valence-corrected chi connectivity index (χ0v) is 12.7. The lowest BCUT2D eigenvalue weighted by atomic mass is 10.2. The minimum absolute atomic E-state index is 0.0263. The van der Waals surface area contributed by atoms with Gasteiger partial charge in [0.15, 0.2) is 0 Å². The Morgan fingerprint density at radius 3 is 2.29 bits per heavy atom. The molecule has 0 radical (unpaired) electrons. The number of hydrogen-bond donors (Lipinski definition) is 3. The number of anilines is 1. The Bertz CT molecular complexity index is 455. The maximum Gasteiger partial charge on any atom is 0.251 e. The van der Waals surface area contributed by atoms with Crippen LogP contribution in [0.15, 0.2) is 24.3 Å². The third-order valence-corrected chi connectivity index (χ3v) is 3.23. The largest absolute Gasteiger partial charge is 0.399 e. The molecule has 2 amide bonds. The Morgan fingerprint density at radius 2 is 1.71 bits per heavy atom. The number of likely N-dealkylation sites (N-methyl/N-ethyl adjacent to an activating group) is 1. The van der Waals surface area contributed by atoms with Gasteiger partial charge in [-0.05, 0) is 37.4 Å². The predicted octanol–water partition coefficient (Wildman–Crippen LogP) is 0.457. The molecule has 6 nitrogen and oxygen atoms in total. The molecule has 0 aliphatic carbocycles. The Balaban J connectivity index is 2.26. The number of carbonyl (C=O) groups is 2. The molecule has 6 heteroatoms. The number of nitrogen functional groups attached to an aromatic ring is 1. The van der Waals surface area contributed by atoms with Gasteiger partial charge < -0.3 is 21.3 Å². The van der Waals surface area contributed by atoms with E-state index >= 15 is 0 Å². The van der Waals surface area contributed by atoms with E-state index in [4.69, 9.17) is 5.73 Å². The maximum atomic E-state index is 11.8. The highest BCUT2D eigenvalue weighted by Gasteiger charge is 2.07. The van der Waals surface area contributed by atoms with Crippen LogP contribution in [0.3, 0.4) is 0 Å². The minimum atomic E-state index is -0.283. The van der Waals surface area contributed by atoms with Crippen LogP contribution in [0.25, 0.3) is 0 Å². The molecular formula is C15H24N4O2. The van der Waals surface area contributed by atoms with Gasteiger partial charge in [0.1, 0.15) is 0 Å². The molecule has 0 fully saturated rings. The first-order valence-electron chi connectivity index (χ1n) is 7.19. The summed E-state index contributed by atoms with van der Waals surface area (Å²) in [6.07, 6.45) is 0. The Morgan fingerprint density at radius 1 is 1.10 bits per heavy atom. The summed E-state index contributed by atoms with van der Waals surface area (Å²) in [5, 5.41) is 5.36. The van der Waals surface area contributed by atoms with E-state index in [1.165, 1.54) is 0 Å². The molecule has 1 rings (SSSR count). The summed E-state index contributed by atoms with van der Waals surface area (Å²) in [6, 6.07) is 6.56. The first-order chi connectivity index (χ1) is 10.1. The van der Waals surface area contributed by atoms with Crippen molar-refractivity contribution >= 4 is 17.5 Å². The van der Waals surface area contributed by atoms with Crippen LogP contribution in [0, 0.1) is 0 Å². The van der Waals surface area contributed by atoms with Crippen LogP contribution in [0.1, 0.15) is 24.2 Å². The van der Waals surface area contributed by atoms with Crippen LogP contribution in [-0.4, -0.2) is 49.4 Å². The Labute approximate surface area is 125 Å². The molecule has 0 saturated heterocycles. The van der Waals surface area contributed by atoms with Crippen molar-refractivity contribution in [1.82, 2.24) is 15.5 Å². The van der Waals surface area contributed by atoms with Crippen molar-refractivity contribution in [2.75, 3.05) is 38.5 Å². The quantitative estimate of drug-likeness (QED) is 0.607. The van der Waals surface area contributed by atoms with Gasteiger partial charge in [-0.25, -0.2) is 0 Å². The van der Waals surface area contributed by atoms with E-state index in [0.29, 0.717) is 17.8 Å². The number of nitrogens with one attached hydrogen (secondary N) is 2. The van der Waals surface area contributed by atoms with Gasteiger partial charge in [-0.15, -0.1) is 0 Å². The first kappa shape index (κ1) is 17.0. The normalized spacial score (nSPS) is 10.4. The van der Waals surface area contributed by atoms with E-state index < -0.39 is 0 Å². The number of nitrogens with zero attached hydrogens (tertiary/aromatic N) is 1. The number of amides is 2. The lowest BCUT2D eigenvalue weighted by Crippen LogP contribution is -2.40. The van der Waals surface area contributed by atoms with Crippen LogP contribution in [0.2, 0.25) is 0 Å². The molecule has 0 spiro atoms. The summed E-state index contributed by atoms with van der Waals surface area (Å²) >= 11 is 0. The summed E-state index contributed by atoms with van der Waals surface area (Å²) in [4.78, 5) is 25.6. The van der Waals surface area contributed by atoms with Crippen molar-refractivity contribution in [2.24, 2.45) is 0 Å². The molecule has 0 heterocycles. The summed E-state index contributed by atoms with van der Waals surface area (Å²) in [5.41, 5.74) is 6.64. The van der Waals surface area contributed by atoms with Crippen molar-refractivity contribution in [3.8, 4) is 0 Å². The second kappa shape index (κ2) is 8.97. The number of nitrogens with two attached hydrogens (primary N) is 1. The molecule has 0 bridgehead atoms. The summed E-state index contributed by atoms with van der Waals surface area (Å²) in [6.45, 7) is 7.45. The van der Waals surface area contributed by atoms with Gasteiger partial charge in [-0.2, -0.15) is 0 Å². The molecular weight excluding hydrogens is 268 g/mol. The van der Waals surface area contributed by atoms with Crippen molar-refractivity contribution in [2.45, 2.75) is 13.8 Å². The number of carbonyl (C=O) groups excluding carboxylic acids is 2. The number of benzene rings is 1. The molecule has 0 saturated carbocycles. The van der Waals surface area contributed by atoms with Crippen LogP contribution < -0.4 is 16.4 Å². The molecule has 116 valence electrons. The smallest absolute Gasteiger partial charge is 0.251 e. The van der Waals surface area contributed by atoms with Gasteiger partial charge in [0.05, 0.1) is 6.54 Å². The SMILES string of the molecule is CCN(CC)CCNC(=O)CNC(=O)c1ccc(N)cc1. The topological polar surface area (TPSA) is 87.5 Å². The average molecular weight is 292 g/mol. The van der Waals surface area contributed by atoms with Crippen molar-refractivity contribution in [3.63, 3.8) is 0 Å². The number of hydrogen-bond acceptors (Lipinski definition) is 4. The third-order valence-electron chi connectivity index (χ3n) is 3.23. The fourth-order valence-electron chi connectivity index (χ4n) is 1.85. The zero-order valence-electron chi connectivity index (χ0n) is 12.7. The highest BCUT2D eigenvalue weighted by Crippen LogP contribution is 2.04. The lowest BCUT2D eigenvalue weighted by Gasteiger charge is -2.17. The monoisotopic (exact) mass is 292 g/mol. The molecule has 0 atom stereocenters. The van der Waals surface area contributed by atoms with E-state index in [2.05, 4.69) is 29.4 Å². The summed E-state index contributed by atoms with van der Waals surface area (Å²) in [7, 11) is 0. The standard InChI is InChI=1S/C15H24N4O2/c1-3-19(4-2)10-9-17-14(20)11-18-15(21)12-5-7-13(16)8-6-12/h5-8H,3-4,9-11,16H2,1-2H3,(H,17,20)(H,18,21). The lowest BCUT2D eigenvalue weighted by molar-refractivity contribution is -0.120. The van der Waals surface area contributed by atoms with Crippen LogP contribution in [-0.2, 0) is 4.79 Å². The van der Waals surface area contributed by atoms with Crippen molar-refractivity contribution in [3.05, 3.63) is 29.8 Å². The Hall–Kier alpha value is -2.08. The number of rotatable bonds is 8. The second-order valence-electron chi connectivity index (χ2n) is 4.68. The highest BCUT2D eigenvalue weighted by molar-refractivity contribution is 5.96. The van der Waals surface area contributed by atoms with Crippen LogP contribution in [0.5, 0.6) is 0 Å². The van der Waals surface area contributed by atoms with Crippen LogP contribution >= 0.6 is 0 Å². The second-order valence-corrected chi connectivity index (χ2v) is 4.68. The molecule has 4 N–H and O–H groups in total. The van der Waals surface area contributed by atoms with E-state index in [1.54, 1.807) is 24.3 Å². The third kappa shape index (κ3) is 6.27. The Kier molecular flexibility index (Phi) is 7.25. The van der Waals surface area contributed by atoms with Crippen molar-refractivity contribution < 1.29 is 9.59 Å². The highest BCUT2D eigenvalue weighted by atomic mass is 16.2. The molecule has 0 aromatic heterocycles. The van der Waals surface area contributed by atoms with Gasteiger partial charge in [-0.3, -0.25) is 9.59 Å². The summed E-state index contributed by atoms with van der Waals surface area (Å²) in [5.74, 6) is -0.472. The van der Waals surface area contributed by atoms with Gasteiger partial charge in [-0.1, -0.05) is 13.8 Å². The van der Waals surface area contributed by atoms with Gasteiger partial charge in [0.2, 0.25) is 5.91 Å². The fraction of sp³-hybridized carbons (Fsp3) is 0.467. The van der Waals surface area contributed by atoms with Crippen molar-refractivity contribution in [1.29, 1.82) is 0 Å².